The molecule has 4 rings (SSSR count). The van der Waals surface area contributed by atoms with E-state index >= 15 is 0 Å². The van der Waals surface area contributed by atoms with Crippen LogP contribution in [0.1, 0.15) is 55.1 Å². The average Bonchev–Trinajstić information content (AvgIpc) is 3.31. The van der Waals surface area contributed by atoms with E-state index in [9.17, 15) is 18.0 Å². The fraction of sp³-hybridized carbons (Fsp3) is 0.500. The fourth-order valence-corrected chi connectivity index (χ4v) is 6.00. The van der Waals surface area contributed by atoms with Gasteiger partial charge in [-0.2, -0.15) is 4.31 Å². The minimum atomic E-state index is -3.88. The van der Waals surface area contributed by atoms with Crippen LogP contribution in [0.4, 0.5) is 0 Å². The van der Waals surface area contributed by atoms with Gasteiger partial charge in [0.2, 0.25) is 16.8 Å². The van der Waals surface area contributed by atoms with Gasteiger partial charge in [-0.15, -0.1) is 0 Å². The first-order chi connectivity index (χ1) is 15.9. The van der Waals surface area contributed by atoms with Gasteiger partial charge in [0.25, 0.3) is 10.0 Å². The molecule has 2 fully saturated rings. The Morgan fingerprint density at radius 3 is 2.42 bits per heavy atom. The molecule has 1 aromatic carbocycles. The van der Waals surface area contributed by atoms with Crippen molar-refractivity contribution < 1.29 is 27.2 Å². The van der Waals surface area contributed by atoms with Gasteiger partial charge in [-0.25, -0.2) is 13.2 Å². The van der Waals surface area contributed by atoms with E-state index in [2.05, 4.69) is 17.4 Å². The third-order valence-corrected chi connectivity index (χ3v) is 8.55. The molecule has 0 spiro atoms. The lowest BCUT2D eigenvalue weighted by Crippen LogP contribution is -2.48. The van der Waals surface area contributed by atoms with Gasteiger partial charge in [-0.1, -0.05) is 36.8 Å². The molecule has 178 valence electrons. The largest absolute Gasteiger partial charge is 0.460 e. The Morgan fingerprint density at radius 1 is 1.12 bits per heavy atom. The monoisotopic (exact) mass is 474 g/mol. The van der Waals surface area contributed by atoms with Crippen LogP contribution in [0.5, 0.6) is 0 Å². The minimum absolute atomic E-state index is 0.0108. The van der Waals surface area contributed by atoms with Crippen LogP contribution < -0.4 is 5.32 Å². The number of piperidine rings is 1. The number of esters is 1. The van der Waals surface area contributed by atoms with Crippen LogP contribution in [0.3, 0.4) is 0 Å². The van der Waals surface area contributed by atoms with Crippen molar-refractivity contribution in [2.24, 2.45) is 5.92 Å². The molecule has 0 unspecified atom stereocenters. The molecule has 1 saturated heterocycles. The molecule has 1 aromatic heterocycles. The number of carbonyl (C=O) groups excluding carboxylic acids is 2. The third kappa shape index (κ3) is 4.84. The van der Waals surface area contributed by atoms with Gasteiger partial charge in [0.1, 0.15) is 0 Å². The number of hydrogen-bond donors (Lipinski definition) is 1. The first-order valence-corrected chi connectivity index (χ1v) is 12.9. The summed E-state index contributed by atoms with van der Waals surface area (Å²) in [5, 5.41) is 2.84. The number of furan rings is 1. The van der Waals surface area contributed by atoms with Crippen molar-refractivity contribution in [1.82, 2.24) is 9.62 Å². The van der Waals surface area contributed by atoms with Crippen molar-refractivity contribution in [2.45, 2.75) is 49.5 Å². The summed E-state index contributed by atoms with van der Waals surface area (Å²) in [6.45, 7) is 2.88. The van der Waals surface area contributed by atoms with E-state index in [1.807, 2.05) is 18.2 Å². The summed E-state index contributed by atoms with van der Waals surface area (Å²) < 4.78 is 37.2. The van der Waals surface area contributed by atoms with Crippen LogP contribution in [0.2, 0.25) is 0 Å². The maximum absolute atomic E-state index is 12.9. The molecule has 0 atom stereocenters. The second kappa shape index (κ2) is 9.69. The van der Waals surface area contributed by atoms with E-state index < -0.39 is 16.0 Å². The molecule has 9 heteroatoms. The van der Waals surface area contributed by atoms with E-state index in [1.54, 1.807) is 6.92 Å². The Hall–Kier alpha value is -2.65. The number of amides is 1. The van der Waals surface area contributed by atoms with Gasteiger partial charge in [-0.3, -0.25) is 4.79 Å². The molecule has 1 amide bonds. The smallest absolute Gasteiger partial charge is 0.374 e. The van der Waals surface area contributed by atoms with E-state index in [0.29, 0.717) is 19.4 Å². The number of benzene rings is 1. The molecule has 0 radical (unpaired) electrons. The summed E-state index contributed by atoms with van der Waals surface area (Å²) in [5.41, 5.74) is 1.27. The number of ether oxygens (including phenoxy) is 1. The predicted octanol–water partition coefficient (Wildman–Crippen LogP) is 3.10. The van der Waals surface area contributed by atoms with E-state index in [1.165, 1.54) is 22.0 Å². The lowest BCUT2D eigenvalue weighted by molar-refractivity contribution is -0.126. The van der Waals surface area contributed by atoms with Crippen LogP contribution in [0.15, 0.2) is 52.0 Å². The number of nitrogens with zero attached hydrogens (tertiary/aromatic N) is 1. The average molecular weight is 475 g/mol. The second-order valence-corrected chi connectivity index (χ2v) is 10.6. The maximum atomic E-state index is 12.9. The standard InChI is InChI=1S/C24H30N2O6S/c1-2-31-23(28)20-9-10-21(32-20)33(29,30)26-15-11-18(12-16-26)22(27)25-17-24(13-6-14-24)19-7-4-3-5-8-19/h3-5,7-10,18H,2,6,11-17H2,1H3,(H,25,27). The van der Waals surface area contributed by atoms with Crippen molar-refractivity contribution in [2.75, 3.05) is 26.2 Å². The molecular formula is C24H30N2O6S. The quantitative estimate of drug-likeness (QED) is 0.590. The van der Waals surface area contributed by atoms with Crippen LogP contribution in [0, 0.1) is 5.92 Å². The molecule has 1 N–H and O–H groups in total. The molecule has 0 bridgehead atoms. The number of nitrogens with one attached hydrogen (secondary N) is 1. The summed E-state index contributed by atoms with van der Waals surface area (Å²) >= 11 is 0. The highest BCUT2D eigenvalue weighted by atomic mass is 32.2. The Kier molecular flexibility index (Phi) is 6.90. The zero-order valence-electron chi connectivity index (χ0n) is 18.8. The zero-order valence-corrected chi connectivity index (χ0v) is 19.6. The van der Waals surface area contributed by atoms with Crippen molar-refractivity contribution >= 4 is 21.9 Å². The molecular weight excluding hydrogens is 444 g/mol. The van der Waals surface area contributed by atoms with E-state index in [0.717, 1.165) is 19.3 Å². The van der Waals surface area contributed by atoms with Gasteiger partial charge in [0.05, 0.1) is 6.61 Å². The summed E-state index contributed by atoms with van der Waals surface area (Å²) in [6, 6.07) is 12.9. The lowest BCUT2D eigenvalue weighted by Gasteiger charge is -2.43. The Labute approximate surface area is 194 Å². The van der Waals surface area contributed by atoms with Gasteiger partial charge >= 0.3 is 5.97 Å². The van der Waals surface area contributed by atoms with E-state index in [4.69, 9.17) is 9.15 Å². The normalized spacial score (nSPS) is 18.9. The number of carbonyl (C=O) groups is 2. The van der Waals surface area contributed by atoms with Crippen molar-refractivity contribution in [3.63, 3.8) is 0 Å². The Balaban J connectivity index is 1.32. The SMILES string of the molecule is CCOC(=O)c1ccc(S(=O)(=O)N2CCC(C(=O)NCC3(c4ccccc4)CCC3)CC2)o1. The molecule has 1 aliphatic carbocycles. The first kappa shape index (κ1) is 23.5. The van der Waals surface area contributed by atoms with Crippen LogP contribution in [-0.2, 0) is 25.0 Å². The van der Waals surface area contributed by atoms with Gasteiger partial charge in [0, 0.05) is 31.0 Å². The highest BCUT2D eigenvalue weighted by Gasteiger charge is 2.40. The molecule has 8 nitrogen and oxygen atoms in total. The maximum Gasteiger partial charge on any atom is 0.374 e. The second-order valence-electron chi connectivity index (χ2n) is 8.74. The Bertz CT molecular complexity index is 1080. The number of hydrogen-bond acceptors (Lipinski definition) is 6. The first-order valence-electron chi connectivity index (χ1n) is 11.5. The minimum Gasteiger partial charge on any atom is -0.460 e. The van der Waals surface area contributed by atoms with Crippen molar-refractivity contribution in [3.8, 4) is 0 Å². The highest BCUT2D eigenvalue weighted by molar-refractivity contribution is 7.89. The summed E-state index contributed by atoms with van der Waals surface area (Å²) in [7, 11) is -3.88. The molecule has 1 aliphatic heterocycles. The molecule has 2 aromatic rings. The third-order valence-electron chi connectivity index (χ3n) is 6.77. The predicted molar refractivity (Wildman–Crippen MR) is 121 cm³/mol. The summed E-state index contributed by atoms with van der Waals surface area (Å²) in [5.74, 6) is -1.09. The van der Waals surface area contributed by atoms with Gasteiger partial charge in [-0.05, 0) is 50.3 Å². The summed E-state index contributed by atoms with van der Waals surface area (Å²) in [4.78, 5) is 24.6. The fourth-order valence-electron chi connectivity index (χ4n) is 4.62. The molecule has 33 heavy (non-hydrogen) atoms. The van der Waals surface area contributed by atoms with Crippen LogP contribution in [-0.4, -0.2) is 50.8 Å². The number of sulfonamides is 1. The zero-order chi connectivity index (χ0) is 23.5. The lowest BCUT2D eigenvalue weighted by atomic mass is 9.64. The number of rotatable bonds is 8. The molecule has 2 aliphatic rings. The topological polar surface area (TPSA) is 106 Å². The van der Waals surface area contributed by atoms with Gasteiger partial charge in [0.15, 0.2) is 0 Å². The van der Waals surface area contributed by atoms with E-state index in [-0.39, 0.29) is 47.8 Å². The highest BCUT2D eigenvalue weighted by Crippen LogP contribution is 2.43. The van der Waals surface area contributed by atoms with Crippen molar-refractivity contribution in [1.29, 1.82) is 0 Å². The van der Waals surface area contributed by atoms with Crippen LogP contribution >= 0.6 is 0 Å². The Morgan fingerprint density at radius 2 is 1.82 bits per heavy atom. The van der Waals surface area contributed by atoms with Crippen molar-refractivity contribution in [3.05, 3.63) is 53.8 Å². The van der Waals surface area contributed by atoms with Gasteiger partial charge < -0.3 is 14.5 Å². The van der Waals surface area contributed by atoms with Crippen LogP contribution in [0.25, 0.3) is 0 Å². The molecule has 1 saturated carbocycles. The molecule has 2 heterocycles. The summed E-state index contributed by atoms with van der Waals surface area (Å²) in [6.07, 6.45) is 4.16.